The van der Waals surface area contributed by atoms with Crippen LogP contribution in [0.5, 0.6) is 0 Å². The predicted octanol–water partition coefficient (Wildman–Crippen LogP) is 4.56. The first-order valence-corrected chi connectivity index (χ1v) is 9.25. The maximum absolute atomic E-state index is 2.39. The summed E-state index contributed by atoms with van der Waals surface area (Å²) in [6, 6.07) is 10.6. The minimum Gasteiger partial charge on any atom is -0.0995 e. The number of thioether (sulfide) groups is 1. The van der Waals surface area contributed by atoms with Crippen LogP contribution in [0.2, 0.25) is 19.6 Å². The van der Waals surface area contributed by atoms with E-state index in [4.69, 9.17) is 0 Å². The van der Waals surface area contributed by atoms with Crippen LogP contribution in [0.4, 0.5) is 0 Å². The highest BCUT2D eigenvalue weighted by Crippen LogP contribution is 2.32. The molecule has 0 unspecified atom stereocenters. The van der Waals surface area contributed by atoms with E-state index in [0.717, 1.165) is 0 Å². The van der Waals surface area contributed by atoms with E-state index in [0.29, 0.717) is 0 Å². The molecule has 76 valence electrons. The molecule has 0 aliphatic rings. The second-order valence-electron chi connectivity index (χ2n) is 4.32. The first-order valence-electron chi connectivity index (χ1n) is 4.93. The Bertz CT molecular complexity index is 309. The van der Waals surface area contributed by atoms with Crippen molar-refractivity contribution in [1.29, 1.82) is 0 Å². The largest absolute Gasteiger partial charge is 0.0995 e. The lowest BCUT2D eigenvalue weighted by Crippen LogP contribution is -2.21. The zero-order valence-corrected chi connectivity index (χ0v) is 11.2. The number of benzene rings is 1. The maximum Gasteiger partial charge on any atom is 0.0857 e. The highest BCUT2D eigenvalue weighted by atomic mass is 32.2. The maximum atomic E-state index is 2.39. The Labute approximate surface area is 92.4 Å². The van der Waals surface area contributed by atoms with Gasteiger partial charge in [0.1, 0.15) is 0 Å². The van der Waals surface area contributed by atoms with Crippen molar-refractivity contribution < 1.29 is 0 Å². The molecule has 0 amide bonds. The smallest absolute Gasteiger partial charge is 0.0857 e. The molecule has 0 N–H and O–H groups in total. The van der Waals surface area contributed by atoms with Gasteiger partial charge >= 0.3 is 0 Å². The summed E-state index contributed by atoms with van der Waals surface area (Å²) in [4.78, 5) is 1.35. The fourth-order valence-corrected chi connectivity index (χ4v) is 4.37. The van der Waals surface area contributed by atoms with Gasteiger partial charge in [-0.3, -0.25) is 0 Å². The molecule has 0 radical (unpaired) electrons. The van der Waals surface area contributed by atoms with E-state index >= 15 is 0 Å². The van der Waals surface area contributed by atoms with Gasteiger partial charge in [-0.15, -0.1) is 0 Å². The van der Waals surface area contributed by atoms with E-state index in [-0.39, 0.29) is 0 Å². The lowest BCUT2D eigenvalue weighted by molar-refractivity contribution is 1.47. The summed E-state index contributed by atoms with van der Waals surface area (Å²) in [5.41, 5.74) is 0. The van der Waals surface area contributed by atoms with Crippen LogP contribution in [0.3, 0.4) is 0 Å². The molecular formula is C12H18SSi. The predicted molar refractivity (Wildman–Crippen MR) is 69.4 cm³/mol. The number of allylic oxidation sites excluding steroid dienone is 1. The molecule has 0 heterocycles. The molecule has 0 aliphatic carbocycles. The third kappa shape index (κ3) is 3.35. The Kier molecular flexibility index (Phi) is 4.02. The van der Waals surface area contributed by atoms with Gasteiger partial charge in [-0.1, -0.05) is 55.7 Å². The van der Waals surface area contributed by atoms with Gasteiger partial charge in [0.15, 0.2) is 0 Å². The summed E-state index contributed by atoms with van der Waals surface area (Å²) in [6.07, 6.45) is 2.27. The summed E-state index contributed by atoms with van der Waals surface area (Å²) in [7, 11) is -1.15. The molecule has 0 saturated heterocycles. The molecule has 0 fully saturated rings. The van der Waals surface area contributed by atoms with E-state index in [1.54, 1.807) is 4.53 Å². The average Bonchev–Trinajstić information content (AvgIpc) is 2.14. The zero-order valence-electron chi connectivity index (χ0n) is 9.37. The molecule has 0 aliphatic heterocycles. The van der Waals surface area contributed by atoms with Crippen molar-refractivity contribution >= 4 is 19.8 Å². The van der Waals surface area contributed by atoms with Crippen LogP contribution in [0.15, 0.2) is 45.8 Å². The molecular weight excluding hydrogens is 204 g/mol. The van der Waals surface area contributed by atoms with Gasteiger partial charge in [-0.25, -0.2) is 0 Å². The van der Waals surface area contributed by atoms with Crippen LogP contribution >= 0.6 is 11.8 Å². The summed E-state index contributed by atoms with van der Waals surface area (Å²) in [5.74, 6) is 0. The highest BCUT2D eigenvalue weighted by molar-refractivity contribution is 8.05. The van der Waals surface area contributed by atoms with Crippen LogP contribution in [0, 0.1) is 0 Å². The lowest BCUT2D eigenvalue weighted by atomic mass is 10.4. The van der Waals surface area contributed by atoms with Crippen LogP contribution in [-0.2, 0) is 0 Å². The van der Waals surface area contributed by atoms with Gasteiger partial charge in [-0.2, -0.15) is 0 Å². The second-order valence-corrected chi connectivity index (χ2v) is 10.8. The first kappa shape index (κ1) is 11.6. The molecule has 0 aromatic heterocycles. The molecule has 1 rings (SSSR count). The second kappa shape index (κ2) is 4.85. The molecule has 2 heteroatoms. The van der Waals surface area contributed by atoms with Gasteiger partial charge in [0.25, 0.3) is 0 Å². The summed E-state index contributed by atoms with van der Waals surface area (Å²) in [6.45, 7) is 9.30. The quantitative estimate of drug-likeness (QED) is 0.533. The zero-order chi connectivity index (χ0) is 10.6. The fourth-order valence-electron chi connectivity index (χ4n) is 1.26. The van der Waals surface area contributed by atoms with E-state index in [1.807, 2.05) is 11.8 Å². The lowest BCUT2D eigenvalue weighted by Gasteiger charge is -2.19. The highest BCUT2D eigenvalue weighted by Gasteiger charge is 2.19. The van der Waals surface area contributed by atoms with Crippen molar-refractivity contribution in [3.63, 3.8) is 0 Å². The monoisotopic (exact) mass is 222 g/mol. The van der Waals surface area contributed by atoms with E-state index in [1.165, 1.54) is 4.90 Å². The summed E-state index contributed by atoms with van der Waals surface area (Å²) < 4.78 is 1.56. The van der Waals surface area contributed by atoms with Crippen LogP contribution in [0.1, 0.15) is 6.92 Å². The molecule has 1 aromatic carbocycles. The summed E-state index contributed by atoms with van der Waals surface area (Å²) >= 11 is 1.92. The van der Waals surface area contributed by atoms with Crippen molar-refractivity contribution in [2.45, 2.75) is 31.5 Å². The van der Waals surface area contributed by atoms with Gasteiger partial charge in [0, 0.05) is 4.90 Å². The molecule has 0 nitrogen and oxygen atoms in total. The normalized spacial score (nSPS) is 13.0. The average molecular weight is 222 g/mol. The van der Waals surface area contributed by atoms with Crippen molar-refractivity contribution in [3.05, 3.63) is 40.9 Å². The van der Waals surface area contributed by atoms with Crippen molar-refractivity contribution in [1.82, 2.24) is 0 Å². The Balaban J connectivity index is 2.78. The molecule has 0 atom stereocenters. The Morgan fingerprint density at radius 3 is 2.14 bits per heavy atom. The van der Waals surface area contributed by atoms with Crippen LogP contribution < -0.4 is 0 Å². The molecule has 0 bridgehead atoms. The summed E-state index contributed by atoms with van der Waals surface area (Å²) in [5, 5.41) is 0. The van der Waals surface area contributed by atoms with E-state index < -0.39 is 8.07 Å². The fraction of sp³-hybridized carbons (Fsp3) is 0.333. The van der Waals surface area contributed by atoms with Crippen molar-refractivity contribution in [3.8, 4) is 0 Å². The Hall–Kier alpha value is -0.473. The molecule has 0 spiro atoms. The van der Waals surface area contributed by atoms with Gasteiger partial charge in [-0.05, 0) is 23.6 Å². The number of rotatable bonds is 3. The van der Waals surface area contributed by atoms with Gasteiger partial charge < -0.3 is 0 Å². The number of hydrogen-bond donors (Lipinski definition) is 0. The first-order chi connectivity index (χ1) is 6.54. The topological polar surface area (TPSA) is 0 Å². The molecule has 14 heavy (non-hydrogen) atoms. The third-order valence-corrected chi connectivity index (χ3v) is 6.85. The SMILES string of the molecule is CC=C(Sc1ccccc1)[Si](C)(C)C. The molecule has 0 saturated carbocycles. The van der Waals surface area contributed by atoms with Gasteiger partial charge in [0.2, 0.25) is 0 Å². The van der Waals surface area contributed by atoms with E-state index in [9.17, 15) is 0 Å². The van der Waals surface area contributed by atoms with Gasteiger partial charge in [0.05, 0.1) is 8.07 Å². The van der Waals surface area contributed by atoms with Crippen LogP contribution in [-0.4, -0.2) is 8.07 Å². The molecule has 1 aromatic rings. The Morgan fingerprint density at radius 1 is 1.14 bits per heavy atom. The van der Waals surface area contributed by atoms with Crippen molar-refractivity contribution in [2.24, 2.45) is 0 Å². The van der Waals surface area contributed by atoms with Crippen LogP contribution in [0.25, 0.3) is 0 Å². The van der Waals surface area contributed by atoms with E-state index in [2.05, 4.69) is 63.0 Å². The standard InChI is InChI=1S/C12H18SSi/c1-5-12(14(2,3)4)13-11-9-7-6-8-10-11/h5-10H,1-4H3. The Morgan fingerprint density at radius 2 is 1.71 bits per heavy atom. The van der Waals surface area contributed by atoms with Crippen molar-refractivity contribution in [2.75, 3.05) is 0 Å². The minimum atomic E-state index is -1.15. The minimum absolute atomic E-state index is 1.15. The third-order valence-electron chi connectivity index (χ3n) is 1.97. The number of hydrogen-bond acceptors (Lipinski definition) is 1.